The normalized spacial score (nSPS) is 16.9. The van der Waals surface area contributed by atoms with E-state index < -0.39 is 5.97 Å². The summed E-state index contributed by atoms with van der Waals surface area (Å²) >= 11 is 5.96. The molecule has 1 saturated heterocycles. The molecule has 1 aromatic carbocycles. The summed E-state index contributed by atoms with van der Waals surface area (Å²) in [6.45, 7) is 4.08. The number of halogens is 1. The van der Waals surface area contributed by atoms with Gasteiger partial charge in [0, 0.05) is 23.6 Å². The number of carboxylic acids is 1. The van der Waals surface area contributed by atoms with Gasteiger partial charge in [-0.15, -0.1) is 0 Å². The number of carbonyl (C=O) groups excluding carboxylic acids is 1. The van der Waals surface area contributed by atoms with Crippen LogP contribution in [0.1, 0.15) is 35.2 Å². The molecule has 0 atom stereocenters. The van der Waals surface area contributed by atoms with Crippen molar-refractivity contribution in [3.05, 3.63) is 34.3 Å². The van der Waals surface area contributed by atoms with E-state index in [1.807, 2.05) is 13.0 Å². The van der Waals surface area contributed by atoms with Gasteiger partial charge in [0.2, 0.25) is 0 Å². The van der Waals surface area contributed by atoms with Crippen molar-refractivity contribution in [2.45, 2.75) is 26.2 Å². The molecule has 0 radical (unpaired) electrons. The van der Waals surface area contributed by atoms with Gasteiger partial charge in [0.1, 0.15) is 0 Å². The number of benzene rings is 1. The molecule has 0 aromatic heterocycles. The molecule has 0 spiro atoms. The Bertz CT molecular complexity index is 536. The van der Waals surface area contributed by atoms with E-state index in [4.69, 9.17) is 16.7 Å². The second-order valence-corrected chi connectivity index (χ2v) is 6.00. The van der Waals surface area contributed by atoms with Gasteiger partial charge in [-0.25, -0.2) is 0 Å². The third-order valence-corrected chi connectivity index (χ3v) is 4.50. The van der Waals surface area contributed by atoms with Gasteiger partial charge in [-0.1, -0.05) is 11.6 Å². The molecule has 2 rings (SSSR count). The fourth-order valence-electron chi connectivity index (χ4n) is 2.63. The van der Waals surface area contributed by atoms with Gasteiger partial charge in [-0.2, -0.15) is 0 Å². The molecule has 0 amide bonds. The molecule has 1 fully saturated rings. The zero-order valence-corrected chi connectivity index (χ0v) is 12.9. The lowest BCUT2D eigenvalue weighted by Crippen LogP contribution is -2.37. The summed E-state index contributed by atoms with van der Waals surface area (Å²) < 4.78 is 0. The number of ketones is 1. The lowest BCUT2D eigenvalue weighted by atomic mass is 9.97. The molecule has 1 heterocycles. The van der Waals surface area contributed by atoms with Crippen LogP contribution in [0.4, 0.5) is 0 Å². The Hall–Kier alpha value is -1.39. The van der Waals surface area contributed by atoms with E-state index in [0.29, 0.717) is 36.4 Å². The molecule has 0 unspecified atom stereocenters. The highest BCUT2D eigenvalue weighted by Gasteiger charge is 2.24. The number of likely N-dealkylation sites (tertiary alicyclic amines) is 1. The van der Waals surface area contributed by atoms with E-state index in [1.165, 1.54) is 0 Å². The van der Waals surface area contributed by atoms with Gasteiger partial charge in [-0.05, 0) is 56.6 Å². The first-order valence-electron chi connectivity index (χ1n) is 7.22. The van der Waals surface area contributed by atoms with E-state index in [-0.39, 0.29) is 11.7 Å². The maximum absolute atomic E-state index is 12.2. The monoisotopic (exact) mass is 309 g/mol. The predicted molar refractivity (Wildman–Crippen MR) is 81.9 cm³/mol. The number of carboxylic acid groups (broad SMARTS) is 1. The fourth-order valence-corrected chi connectivity index (χ4v) is 2.74. The van der Waals surface area contributed by atoms with Crippen LogP contribution in [-0.2, 0) is 4.79 Å². The molecule has 21 heavy (non-hydrogen) atoms. The summed E-state index contributed by atoms with van der Waals surface area (Å²) in [5, 5.41) is 9.63. The van der Waals surface area contributed by atoms with Crippen molar-refractivity contribution >= 4 is 23.4 Å². The highest BCUT2D eigenvalue weighted by molar-refractivity contribution is 6.31. The molecular formula is C16H20ClNO3. The van der Waals surface area contributed by atoms with Crippen molar-refractivity contribution in [1.82, 2.24) is 4.90 Å². The number of aryl methyl sites for hydroxylation is 1. The van der Waals surface area contributed by atoms with Crippen molar-refractivity contribution in [1.29, 1.82) is 0 Å². The molecule has 0 bridgehead atoms. The minimum atomic E-state index is -0.706. The Labute approximate surface area is 129 Å². The zero-order valence-electron chi connectivity index (χ0n) is 12.1. The van der Waals surface area contributed by atoms with E-state index in [1.54, 1.807) is 12.1 Å². The first-order valence-corrected chi connectivity index (χ1v) is 7.59. The Morgan fingerprint density at radius 2 is 2.00 bits per heavy atom. The first kappa shape index (κ1) is 16.0. The molecule has 1 aliphatic heterocycles. The van der Waals surface area contributed by atoms with Crippen molar-refractivity contribution in [2.75, 3.05) is 19.6 Å². The maximum atomic E-state index is 12.2. The predicted octanol–water partition coefficient (Wildman–Crippen LogP) is 3.02. The molecule has 1 N–H and O–H groups in total. The summed E-state index contributed by atoms with van der Waals surface area (Å²) in [7, 11) is 0. The number of hydrogen-bond donors (Lipinski definition) is 1. The first-order chi connectivity index (χ1) is 9.97. The molecule has 0 aliphatic carbocycles. The SMILES string of the molecule is Cc1cc(C(=O)CCN2CCC(C(=O)O)CC2)ccc1Cl. The van der Waals surface area contributed by atoms with Gasteiger partial charge < -0.3 is 10.0 Å². The van der Waals surface area contributed by atoms with Crippen LogP contribution in [0, 0.1) is 12.8 Å². The number of Topliss-reactive ketones (excluding diaryl/α,β-unsaturated/α-hetero) is 1. The Kier molecular flexibility index (Phi) is 5.37. The Balaban J connectivity index is 1.82. The van der Waals surface area contributed by atoms with Crippen LogP contribution >= 0.6 is 11.6 Å². The van der Waals surface area contributed by atoms with Crippen LogP contribution in [0.25, 0.3) is 0 Å². The van der Waals surface area contributed by atoms with Gasteiger partial charge in [-0.3, -0.25) is 9.59 Å². The zero-order chi connectivity index (χ0) is 15.4. The maximum Gasteiger partial charge on any atom is 0.306 e. The van der Waals surface area contributed by atoms with E-state index in [2.05, 4.69) is 4.90 Å². The average Bonchev–Trinajstić information content (AvgIpc) is 2.48. The number of piperidine rings is 1. The van der Waals surface area contributed by atoms with Crippen LogP contribution in [0.5, 0.6) is 0 Å². The largest absolute Gasteiger partial charge is 0.481 e. The van der Waals surface area contributed by atoms with Crippen LogP contribution in [0.2, 0.25) is 5.02 Å². The molecular weight excluding hydrogens is 290 g/mol. The summed E-state index contributed by atoms with van der Waals surface area (Å²) in [4.78, 5) is 25.2. The van der Waals surface area contributed by atoms with Gasteiger partial charge in [0.05, 0.1) is 5.92 Å². The number of rotatable bonds is 5. The highest BCUT2D eigenvalue weighted by atomic mass is 35.5. The molecule has 1 aliphatic rings. The lowest BCUT2D eigenvalue weighted by Gasteiger charge is -2.29. The average molecular weight is 310 g/mol. The second-order valence-electron chi connectivity index (χ2n) is 5.59. The number of carbonyl (C=O) groups is 2. The summed E-state index contributed by atoms with van der Waals surface area (Å²) in [6.07, 6.45) is 1.80. The number of hydrogen-bond acceptors (Lipinski definition) is 3. The second kappa shape index (κ2) is 7.05. The number of nitrogens with zero attached hydrogens (tertiary/aromatic N) is 1. The van der Waals surface area contributed by atoms with E-state index >= 15 is 0 Å². The molecule has 5 heteroatoms. The van der Waals surface area contributed by atoms with Crippen molar-refractivity contribution in [2.24, 2.45) is 5.92 Å². The molecule has 4 nitrogen and oxygen atoms in total. The van der Waals surface area contributed by atoms with Crippen LogP contribution < -0.4 is 0 Å². The van der Waals surface area contributed by atoms with E-state index in [0.717, 1.165) is 18.7 Å². The van der Waals surface area contributed by atoms with Crippen LogP contribution in [0.3, 0.4) is 0 Å². The summed E-state index contributed by atoms with van der Waals surface area (Å²) in [6, 6.07) is 5.33. The third kappa shape index (κ3) is 4.29. The van der Waals surface area contributed by atoms with Crippen molar-refractivity contribution in [3.63, 3.8) is 0 Å². The minimum absolute atomic E-state index is 0.107. The van der Waals surface area contributed by atoms with E-state index in [9.17, 15) is 9.59 Å². The molecule has 1 aromatic rings. The number of aliphatic carboxylic acids is 1. The summed E-state index contributed by atoms with van der Waals surface area (Å²) in [5.74, 6) is -0.826. The minimum Gasteiger partial charge on any atom is -0.481 e. The van der Waals surface area contributed by atoms with Crippen molar-refractivity contribution in [3.8, 4) is 0 Å². The van der Waals surface area contributed by atoms with Crippen molar-refractivity contribution < 1.29 is 14.7 Å². The smallest absolute Gasteiger partial charge is 0.306 e. The molecule has 114 valence electrons. The standard InChI is InChI=1S/C16H20ClNO3/c1-11-10-13(2-3-14(11)17)15(19)6-9-18-7-4-12(5-8-18)16(20)21/h2-3,10,12H,4-9H2,1H3,(H,20,21). The van der Waals surface area contributed by atoms with Crippen LogP contribution in [-0.4, -0.2) is 41.4 Å². The Morgan fingerprint density at radius 3 is 2.57 bits per heavy atom. The lowest BCUT2D eigenvalue weighted by molar-refractivity contribution is -0.143. The fraction of sp³-hybridized carbons (Fsp3) is 0.500. The topological polar surface area (TPSA) is 57.6 Å². The quantitative estimate of drug-likeness (QED) is 0.849. The summed E-state index contributed by atoms with van der Waals surface area (Å²) in [5.41, 5.74) is 1.60. The highest BCUT2D eigenvalue weighted by Crippen LogP contribution is 2.19. The van der Waals surface area contributed by atoms with Crippen LogP contribution in [0.15, 0.2) is 18.2 Å². The molecule has 0 saturated carbocycles. The third-order valence-electron chi connectivity index (χ3n) is 4.07. The van der Waals surface area contributed by atoms with Gasteiger partial charge >= 0.3 is 5.97 Å². The van der Waals surface area contributed by atoms with Gasteiger partial charge in [0.25, 0.3) is 0 Å². The Morgan fingerprint density at radius 1 is 1.33 bits per heavy atom. The van der Waals surface area contributed by atoms with Gasteiger partial charge in [0.15, 0.2) is 5.78 Å².